The van der Waals surface area contributed by atoms with Crippen LogP contribution in [0.15, 0.2) is 54.6 Å². The van der Waals surface area contributed by atoms with Gasteiger partial charge in [0.15, 0.2) is 58.1 Å². The quantitative estimate of drug-likeness (QED) is 0.0974. The molecule has 1 aliphatic heterocycles. The fourth-order valence-electron chi connectivity index (χ4n) is 5.09. The van der Waals surface area contributed by atoms with Crippen molar-refractivity contribution in [1.29, 1.82) is 0 Å². The van der Waals surface area contributed by atoms with Crippen molar-refractivity contribution in [2.75, 3.05) is 27.9 Å². The highest BCUT2D eigenvalue weighted by Gasteiger charge is 2.18. The lowest BCUT2D eigenvalue weighted by Gasteiger charge is -2.24. The van der Waals surface area contributed by atoms with E-state index < -0.39 is 6.10 Å². The van der Waals surface area contributed by atoms with Crippen LogP contribution in [-0.2, 0) is 4.74 Å². The maximum absolute atomic E-state index is 12.1. The fraction of sp³-hybridized carbons (Fsp3) is 0.475. The fourth-order valence-corrected chi connectivity index (χ4v) is 5.09. The van der Waals surface area contributed by atoms with E-state index in [0.717, 1.165) is 38.7 Å². The molecule has 1 aliphatic rings. The molecule has 0 radical (unpaired) electrons. The van der Waals surface area contributed by atoms with E-state index in [4.69, 9.17) is 23.7 Å². The number of hydrogen-bond donors (Lipinski definition) is 3. The third kappa shape index (κ3) is 15.0. The highest BCUT2D eigenvalue weighted by Crippen LogP contribution is 2.31. The van der Waals surface area contributed by atoms with Gasteiger partial charge in [0.2, 0.25) is 0 Å². The summed E-state index contributed by atoms with van der Waals surface area (Å²) in [6, 6.07) is 14.2. The lowest BCUT2D eigenvalue weighted by Crippen LogP contribution is -2.25. The Labute approximate surface area is 301 Å². The van der Waals surface area contributed by atoms with Crippen molar-refractivity contribution in [2.24, 2.45) is 0 Å². The van der Waals surface area contributed by atoms with Gasteiger partial charge in [-0.3, -0.25) is 14.4 Å². The summed E-state index contributed by atoms with van der Waals surface area (Å²) in [6.45, 7) is 5.89. The first-order valence-corrected chi connectivity index (χ1v) is 17.4. The number of unbranched alkanes of at least 4 members (excludes halogenated alkanes) is 4. The zero-order chi connectivity index (χ0) is 37.8. The van der Waals surface area contributed by atoms with Gasteiger partial charge < -0.3 is 39.0 Å². The average Bonchev–Trinajstić information content (AvgIpc) is 3.12. The zero-order valence-corrected chi connectivity index (χ0v) is 30.7. The van der Waals surface area contributed by atoms with Crippen LogP contribution in [0.3, 0.4) is 0 Å². The van der Waals surface area contributed by atoms with E-state index in [1.54, 1.807) is 37.4 Å². The van der Waals surface area contributed by atoms with Crippen molar-refractivity contribution in [3.05, 3.63) is 71.3 Å². The molecule has 0 aromatic heterocycles. The van der Waals surface area contributed by atoms with Crippen LogP contribution in [0.25, 0.3) is 0 Å². The highest BCUT2D eigenvalue weighted by atomic mass is 16.7. The first-order chi connectivity index (χ1) is 24.4. The Morgan fingerprint density at radius 2 is 1.25 bits per heavy atom. The summed E-state index contributed by atoms with van der Waals surface area (Å²) in [5.41, 5.74) is 1.60. The molecule has 0 amide bonds. The second kappa shape index (κ2) is 23.0. The van der Waals surface area contributed by atoms with Crippen LogP contribution in [0.1, 0.15) is 116 Å². The first-order valence-electron chi connectivity index (χ1n) is 17.4. The van der Waals surface area contributed by atoms with Gasteiger partial charge in [0.1, 0.15) is 0 Å². The van der Waals surface area contributed by atoms with E-state index in [1.165, 1.54) is 71.6 Å². The number of aliphatic hydroxyl groups excluding tert-OH is 1. The van der Waals surface area contributed by atoms with Crippen molar-refractivity contribution < 1.29 is 53.4 Å². The third-order valence-electron chi connectivity index (χ3n) is 8.12. The minimum absolute atomic E-state index is 0.00511. The predicted octanol–water partition coefficient (Wildman–Crippen LogP) is 8.10. The number of aromatic hydroxyl groups is 2. The summed E-state index contributed by atoms with van der Waals surface area (Å²) in [5.74, 6) is 1.66. The van der Waals surface area contributed by atoms with E-state index in [-0.39, 0.29) is 47.3 Å². The second-order valence-electron chi connectivity index (χ2n) is 12.1. The Morgan fingerprint density at radius 1 is 0.725 bits per heavy atom. The number of Topliss-reactive ketones (excluding diaryl/α,β-unsaturated/α-hetero) is 3. The lowest BCUT2D eigenvalue weighted by molar-refractivity contribution is -0.106. The summed E-state index contributed by atoms with van der Waals surface area (Å²) in [7, 11) is 4.45. The molecule has 3 aromatic carbocycles. The van der Waals surface area contributed by atoms with Gasteiger partial charge in [-0.2, -0.15) is 0 Å². The van der Waals surface area contributed by atoms with E-state index in [1.807, 2.05) is 0 Å². The number of rotatable bonds is 16. The Balaban J connectivity index is 0.000000274. The molecule has 0 saturated carbocycles. The highest BCUT2D eigenvalue weighted by molar-refractivity contribution is 5.97. The van der Waals surface area contributed by atoms with Gasteiger partial charge in [-0.15, -0.1) is 0 Å². The zero-order valence-electron chi connectivity index (χ0n) is 30.7. The van der Waals surface area contributed by atoms with Gasteiger partial charge in [0.05, 0.1) is 34.0 Å². The van der Waals surface area contributed by atoms with Crippen LogP contribution in [0.2, 0.25) is 0 Å². The van der Waals surface area contributed by atoms with Gasteiger partial charge >= 0.3 is 0 Å². The molecule has 0 aliphatic carbocycles. The van der Waals surface area contributed by atoms with Gasteiger partial charge in [0, 0.05) is 29.5 Å². The molecule has 3 N–H and O–H groups in total. The number of hydrogen-bond acceptors (Lipinski definition) is 11. The maximum Gasteiger partial charge on any atom is 0.200 e. The Bertz CT molecular complexity index is 1530. The molecule has 11 nitrogen and oxygen atoms in total. The largest absolute Gasteiger partial charge is 0.504 e. The maximum atomic E-state index is 12.1. The van der Waals surface area contributed by atoms with Crippen molar-refractivity contribution in [3.63, 3.8) is 0 Å². The Hall–Kier alpha value is -4.61. The normalized spacial score (nSPS) is 14.1. The number of aliphatic hydroxyl groups is 1. The standard InChI is InChI=1S/C17H26O4.C14H18O4.C9H10O3/c1-3-4-5-6-7-8-14(18)12-16(20)13-9-10-15(19)17(11-13)21-2;1-10(15)11-6-7-12(13(9-11)16-2)18-14-5-3-4-8-17-14;1-6(10)7-3-4-8(11)9(5-7)12-2/h9-11,14,18-19H,3-8,12H2,1-2H3;6-7,9,14H,3-5,8H2,1-2H3;3-5,11H,1-2H3. The SMILES string of the molecule is CCCCCCCC(O)CC(=O)c1ccc(O)c(OC)c1.COc1cc(C(C)=O)ccc1O.COc1cc(C(C)=O)ccc1OC1CCCCO1. The number of ether oxygens (including phenoxy) is 5. The number of carbonyl (C=O) groups excluding carboxylic acids is 3. The van der Waals surface area contributed by atoms with Crippen LogP contribution >= 0.6 is 0 Å². The molecule has 11 heteroatoms. The summed E-state index contributed by atoms with van der Waals surface area (Å²) >= 11 is 0. The van der Waals surface area contributed by atoms with Gasteiger partial charge in [-0.05, 0) is 87.7 Å². The van der Waals surface area contributed by atoms with Gasteiger partial charge in [-0.25, -0.2) is 0 Å². The monoisotopic (exact) mass is 710 g/mol. The Kier molecular flexibility index (Phi) is 19.2. The first kappa shape index (κ1) is 42.6. The molecule has 0 bridgehead atoms. The topological polar surface area (TPSA) is 158 Å². The third-order valence-corrected chi connectivity index (χ3v) is 8.12. The summed E-state index contributed by atoms with van der Waals surface area (Å²) in [4.78, 5) is 34.3. The van der Waals surface area contributed by atoms with Crippen LogP contribution < -0.4 is 18.9 Å². The van der Waals surface area contributed by atoms with E-state index >= 15 is 0 Å². The van der Waals surface area contributed by atoms with Crippen LogP contribution in [0.5, 0.6) is 34.5 Å². The molecule has 4 rings (SSSR count). The van der Waals surface area contributed by atoms with Crippen molar-refractivity contribution in [1.82, 2.24) is 0 Å². The average molecular weight is 711 g/mol. The molecule has 2 atom stereocenters. The molecule has 3 aromatic rings. The number of benzene rings is 3. The van der Waals surface area contributed by atoms with E-state index in [2.05, 4.69) is 6.92 Å². The molecular formula is C40H54O11. The molecule has 51 heavy (non-hydrogen) atoms. The lowest BCUT2D eigenvalue weighted by atomic mass is 10.0. The number of phenolic OH excluding ortho intramolecular Hbond substituents is 2. The minimum Gasteiger partial charge on any atom is -0.504 e. The molecule has 280 valence electrons. The number of ketones is 3. The predicted molar refractivity (Wildman–Crippen MR) is 195 cm³/mol. The summed E-state index contributed by atoms with van der Waals surface area (Å²) in [6.07, 6.45) is 8.70. The number of methoxy groups -OCH3 is 3. The minimum atomic E-state index is -0.598. The van der Waals surface area contributed by atoms with Crippen LogP contribution in [0, 0.1) is 0 Å². The molecule has 1 saturated heterocycles. The molecular weight excluding hydrogens is 656 g/mol. The van der Waals surface area contributed by atoms with Crippen LogP contribution in [-0.4, -0.2) is 73.0 Å². The van der Waals surface area contributed by atoms with Crippen molar-refractivity contribution >= 4 is 17.3 Å². The second-order valence-corrected chi connectivity index (χ2v) is 12.1. The van der Waals surface area contributed by atoms with Gasteiger partial charge in [0.25, 0.3) is 0 Å². The van der Waals surface area contributed by atoms with E-state index in [0.29, 0.717) is 40.4 Å². The summed E-state index contributed by atoms with van der Waals surface area (Å²) in [5, 5.41) is 28.6. The summed E-state index contributed by atoms with van der Waals surface area (Å²) < 4.78 is 26.3. The molecule has 1 fully saturated rings. The smallest absolute Gasteiger partial charge is 0.200 e. The van der Waals surface area contributed by atoms with E-state index in [9.17, 15) is 29.7 Å². The molecule has 2 unspecified atom stereocenters. The number of carbonyl (C=O) groups is 3. The molecule has 0 spiro atoms. The van der Waals surface area contributed by atoms with Crippen molar-refractivity contribution in [2.45, 2.75) is 97.4 Å². The van der Waals surface area contributed by atoms with Gasteiger partial charge in [-0.1, -0.05) is 39.0 Å². The van der Waals surface area contributed by atoms with Crippen LogP contribution in [0.4, 0.5) is 0 Å². The number of phenols is 2. The van der Waals surface area contributed by atoms with Crippen molar-refractivity contribution in [3.8, 4) is 34.5 Å². The molecule has 1 heterocycles. The Morgan fingerprint density at radius 3 is 1.78 bits per heavy atom.